The molecule has 2 rings (SSSR count). The molecule has 1 heterocycles. The highest BCUT2D eigenvalue weighted by Gasteiger charge is 2.16. The summed E-state index contributed by atoms with van der Waals surface area (Å²) in [5.41, 5.74) is 0.979. The zero-order chi connectivity index (χ0) is 16.5. The molecule has 7 heteroatoms. The highest BCUT2D eigenvalue weighted by Crippen LogP contribution is 2.14. The van der Waals surface area contributed by atoms with Gasteiger partial charge in [0.15, 0.2) is 0 Å². The van der Waals surface area contributed by atoms with Gasteiger partial charge in [-0.2, -0.15) is 5.10 Å². The number of aromatic nitrogens is 3. The molecule has 3 N–H and O–H groups in total. The number of aliphatic hydroxyl groups excluding tert-OH is 1. The summed E-state index contributed by atoms with van der Waals surface area (Å²) >= 11 is 0. The molecule has 124 valence electrons. The summed E-state index contributed by atoms with van der Waals surface area (Å²) < 4.78 is 1.67. The van der Waals surface area contributed by atoms with Gasteiger partial charge in [-0.15, -0.1) is 0 Å². The maximum absolute atomic E-state index is 12.1. The molecule has 7 nitrogen and oxygen atoms in total. The van der Waals surface area contributed by atoms with Gasteiger partial charge in [-0.1, -0.05) is 43.7 Å². The van der Waals surface area contributed by atoms with Crippen LogP contribution in [0, 0.1) is 0 Å². The summed E-state index contributed by atoms with van der Waals surface area (Å²) in [5, 5.41) is 19.4. The first-order chi connectivity index (χ1) is 11.2. The Bertz CT molecular complexity index is 573. The Kier molecular flexibility index (Phi) is 6.56. The first-order valence-corrected chi connectivity index (χ1v) is 7.78. The van der Waals surface area contributed by atoms with Gasteiger partial charge in [-0.05, 0) is 12.0 Å². The van der Waals surface area contributed by atoms with Crippen LogP contribution in [0.4, 0.5) is 4.79 Å². The number of amides is 2. The summed E-state index contributed by atoms with van der Waals surface area (Å²) in [6, 6.07) is 9.14. The van der Waals surface area contributed by atoms with Crippen molar-refractivity contribution in [3.8, 4) is 0 Å². The Morgan fingerprint density at radius 1 is 1.35 bits per heavy atom. The molecule has 0 aliphatic heterocycles. The second kappa shape index (κ2) is 8.89. The SMILES string of the molecule is CCCC(O)CNC(=O)NC(Cn1cncn1)c1ccccc1. The highest BCUT2D eigenvalue weighted by atomic mass is 16.3. The van der Waals surface area contributed by atoms with Crippen molar-refractivity contribution in [1.29, 1.82) is 0 Å². The van der Waals surface area contributed by atoms with Crippen molar-refractivity contribution in [2.75, 3.05) is 6.54 Å². The number of carbonyl (C=O) groups excluding carboxylic acids is 1. The quantitative estimate of drug-likeness (QED) is 0.687. The summed E-state index contributed by atoms with van der Waals surface area (Å²) in [6.45, 7) is 2.71. The largest absolute Gasteiger partial charge is 0.391 e. The Balaban J connectivity index is 1.96. The van der Waals surface area contributed by atoms with Crippen LogP contribution in [0.25, 0.3) is 0 Å². The van der Waals surface area contributed by atoms with Crippen LogP contribution in [0.2, 0.25) is 0 Å². The van der Waals surface area contributed by atoms with Gasteiger partial charge in [0, 0.05) is 6.54 Å². The van der Waals surface area contributed by atoms with Crippen LogP contribution >= 0.6 is 0 Å². The first kappa shape index (κ1) is 17.0. The molecular formula is C16H23N5O2. The number of aliphatic hydroxyl groups is 1. The van der Waals surface area contributed by atoms with Crippen LogP contribution in [0.5, 0.6) is 0 Å². The third-order valence-electron chi connectivity index (χ3n) is 3.46. The molecule has 0 saturated heterocycles. The average molecular weight is 317 g/mol. The van der Waals surface area contributed by atoms with E-state index in [0.29, 0.717) is 13.0 Å². The second-order valence-corrected chi connectivity index (χ2v) is 5.38. The Labute approximate surface area is 135 Å². The fourth-order valence-electron chi connectivity index (χ4n) is 2.29. The Morgan fingerprint density at radius 2 is 2.13 bits per heavy atom. The van der Waals surface area contributed by atoms with Crippen LogP contribution < -0.4 is 10.6 Å². The van der Waals surface area contributed by atoms with E-state index in [1.807, 2.05) is 37.3 Å². The van der Waals surface area contributed by atoms with E-state index >= 15 is 0 Å². The molecular weight excluding hydrogens is 294 g/mol. The fourth-order valence-corrected chi connectivity index (χ4v) is 2.29. The van der Waals surface area contributed by atoms with Gasteiger partial charge >= 0.3 is 6.03 Å². The van der Waals surface area contributed by atoms with Gasteiger partial charge in [0.05, 0.1) is 18.7 Å². The van der Waals surface area contributed by atoms with Gasteiger partial charge in [-0.25, -0.2) is 9.78 Å². The van der Waals surface area contributed by atoms with Crippen molar-refractivity contribution in [2.45, 2.75) is 38.5 Å². The predicted octanol–water partition coefficient (Wildman–Crippen LogP) is 1.48. The van der Waals surface area contributed by atoms with Gasteiger partial charge in [0.1, 0.15) is 12.7 Å². The van der Waals surface area contributed by atoms with Gasteiger partial charge in [0.25, 0.3) is 0 Å². The number of nitrogens with zero attached hydrogens (tertiary/aromatic N) is 3. The van der Waals surface area contributed by atoms with E-state index in [9.17, 15) is 9.90 Å². The molecule has 2 atom stereocenters. The molecule has 1 aromatic carbocycles. The minimum atomic E-state index is -0.517. The standard InChI is InChI=1S/C16H23N5O2/c1-2-6-14(22)9-18-16(23)20-15(10-21-12-17-11-19-21)13-7-4-3-5-8-13/h3-5,7-8,11-12,14-15,22H,2,6,9-10H2,1H3,(H2,18,20,23). The molecule has 2 amide bonds. The Morgan fingerprint density at radius 3 is 2.78 bits per heavy atom. The predicted molar refractivity (Wildman–Crippen MR) is 86.7 cm³/mol. The average Bonchev–Trinajstić information content (AvgIpc) is 3.06. The van der Waals surface area contributed by atoms with Gasteiger partial charge in [0.2, 0.25) is 0 Å². The molecule has 2 aromatic rings. The molecule has 0 spiro atoms. The van der Waals surface area contributed by atoms with E-state index < -0.39 is 6.10 Å². The topological polar surface area (TPSA) is 92.1 Å². The normalized spacial score (nSPS) is 13.3. The number of hydrogen-bond acceptors (Lipinski definition) is 4. The summed E-state index contributed by atoms with van der Waals surface area (Å²) in [5.74, 6) is 0. The molecule has 23 heavy (non-hydrogen) atoms. The van der Waals surface area contributed by atoms with E-state index in [1.54, 1.807) is 11.0 Å². The van der Waals surface area contributed by atoms with Crippen molar-refractivity contribution in [3.05, 3.63) is 48.5 Å². The molecule has 0 fully saturated rings. The molecule has 0 aliphatic carbocycles. The van der Waals surface area contributed by atoms with E-state index in [0.717, 1.165) is 12.0 Å². The van der Waals surface area contributed by atoms with Crippen LogP contribution in [-0.4, -0.2) is 38.6 Å². The summed E-state index contributed by atoms with van der Waals surface area (Å²) in [7, 11) is 0. The van der Waals surface area contributed by atoms with E-state index in [4.69, 9.17) is 0 Å². The number of nitrogens with one attached hydrogen (secondary N) is 2. The van der Waals surface area contributed by atoms with Crippen LogP contribution in [0.15, 0.2) is 43.0 Å². The zero-order valence-electron chi connectivity index (χ0n) is 13.2. The van der Waals surface area contributed by atoms with Crippen molar-refractivity contribution < 1.29 is 9.90 Å². The summed E-state index contributed by atoms with van der Waals surface area (Å²) in [4.78, 5) is 16.0. The van der Waals surface area contributed by atoms with E-state index in [-0.39, 0.29) is 18.6 Å². The minimum Gasteiger partial charge on any atom is -0.391 e. The molecule has 0 saturated carbocycles. The van der Waals surface area contributed by atoms with Crippen molar-refractivity contribution in [1.82, 2.24) is 25.4 Å². The molecule has 0 aliphatic rings. The number of hydrogen-bond donors (Lipinski definition) is 3. The lowest BCUT2D eigenvalue weighted by atomic mass is 10.1. The lowest BCUT2D eigenvalue weighted by Crippen LogP contribution is -2.42. The van der Waals surface area contributed by atoms with Crippen molar-refractivity contribution in [2.24, 2.45) is 0 Å². The number of benzene rings is 1. The fraction of sp³-hybridized carbons (Fsp3) is 0.438. The third kappa shape index (κ3) is 5.71. The van der Waals surface area contributed by atoms with Gasteiger partial charge < -0.3 is 15.7 Å². The first-order valence-electron chi connectivity index (χ1n) is 7.78. The Hall–Kier alpha value is -2.41. The molecule has 0 bridgehead atoms. The molecule has 2 unspecified atom stereocenters. The van der Waals surface area contributed by atoms with Crippen LogP contribution in [0.3, 0.4) is 0 Å². The monoisotopic (exact) mass is 317 g/mol. The smallest absolute Gasteiger partial charge is 0.315 e. The molecule has 0 radical (unpaired) electrons. The maximum atomic E-state index is 12.1. The maximum Gasteiger partial charge on any atom is 0.315 e. The number of urea groups is 1. The van der Waals surface area contributed by atoms with Crippen LogP contribution in [-0.2, 0) is 6.54 Å². The van der Waals surface area contributed by atoms with Crippen LogP contribution in [0.1, 0.15) is 31.4 Å². The van der Waals surface area contributed by atoms with E-state index in [1.165, 1.54) is 6.33 Å². The number of carbonyl (C=O) groups is 1. The molecule has 1 aromatic heterocycles. The third-order valence-corrected chi connectivity index (χ3v) is 3.46. The van der Waals surface area contributed by atoms with Crippen molar-refractivity contribution in [3.63, 3.8) is 0 Å². The lowest BCUT2D eigenvalue weighted by Gasteiger charge is -2.20. The second-order valence-electron chi connectivity index (χ2n) is 5.38. The number of rotatable bonds is 8. The lowest BCUT2D eigenvalue weighted by molar-refractivity contribution is 0.159. The zero-order valence-corrected chi connectivity index (χ0v) is 13.2. The van der Waals surface area contributed by atoms with E-state index in [2.05, 4.69) is 20.7 Å². The summed E-state index contributed by atoms with van der Waals surface area (Å²) in [6.07, 6.45) is 4.10. The van der Waals surface area contributed by atoms with Crippen molar-refractivity contribution >= 4 is 6.03 Å². The van der Waals surface area contributed by atoms with Gasteiger partial charge in [-0.3, -0.25) is 4.68 Å². The highest BCUT2D eigenvalue weighted by molar-refractivity contribution is 5.74. The minimum absolute atomic E-state index is 0.235.